The van der Waals surface area contributed by atoms with E-state index in [1.165, 1.54) is 0 Å². The summed E-state index contributed by atoms with van der Waals surface area (Å²) in [4.78, 5) is 19.7. The molecule has 6 nitrogen and oxygen atoms in total. The fourth-order valence-corrected chi connectivity index (χ4v) is 3.10. The number of rotatable bonds is 7. The van der Waals surface area contributed by atoms with Gasteiger partial charge in [-0.2, -0.15) is 0 Å². The van der Waals surface area contributed by atoms with Crippen LogP contribution in [0.2, 0.25) is 0 Å². The summed E-state index contributed by atoms with van der Waals surface area (Å²) in [7, 11) is 0. The maximum Gasteiger partial charge on any atom is 0.224 e. The van der Waals surface area contributed by atoms with E-state index in [-0.39, 0.29) is 11.9 Å². The van der Waals surface area contributed by atoms with E-state index in [0.717, 1.165) is 38.0 Å². The van der Waals surface area contributed by atoms with Crippen LogP contribution in [0.4, 0.5) is 0 Å². The lowest BCUT2D eigenvalue weighted by molar-refractivity contribution is -0.132. The number of carbonyl (C=O) groups excluding carboxylic acids is 1. The van der Waals surface area contributed by atoms with E-state index in [4.69, 9.17) is 5.53 Å². The Labute approximate surface area is 137 Å². The fourth-order valence-electron chi connectivity index (χ4n) is 3.10. The third kappa shape index (κ3) is 5.27. The van der Waals surface area contributed by atoms with Crippen LogP contribution in [0.5, 0.6) is 0 Å². The monoisotopic (exact) mass is 315 g/mol. The normalized spacial score (nSPS) is 17.4. The van der Waals surface area contributed by atoms with Crippen molar-refractivity contribution in [2.24, 2.45) is 5.11 Å². The molecule has 0 N–H and O–H groups in total. The Balaban J connectivity index is 2.10. The van der Waals surface area contributed by atoms with Gasteiger partial charge in [-0.3, -0.25) is 4.79 Å². The molecule has 1 aromatic carbocycles. The van der Waals surface area contributed by atoms with Crippen LogP contribution >= 0.6 is 0 Å². The number of amides is 1. The van der Waals surface area contributed by atoms with E-state index in [0.29, 0.717) is 19.5 Å². The minimum Gasteiger partial charge on any atom is -0.338 e. The largest absolute Gasteiger partial charge is 0.338 e. The van der Waals surface area contributed by atoms with Crippen molar-refractivity contribution in [2.75, 3.05) is 32.7 Å². The van der Waals surface area contributed by atoms with Crippen molar-refractivity contribution in [2.45, 2.75) is 32.2 Å². The molecule has 1 aliphatic heterocycles. The molecule has 1 aliphatic rings. The highest BCUT2D eigenvalue weighted by Gasteiger charge is 2.26. The number of hydrogen-bond acceptors (Lipinski definition) is 3. The summed E-state index contributed by atoms with van der Waals surface area (Å²) in [5.41, 5.74) is 9.82. The molecule has 1 amide bonds. The molecule has 1 heterocycles. The summed E-state index contributed by atoms with van der Waals surface area (Å²) in [6.07, 6.45) is 2.36. The maximum absolute atomic E-state index is 12.5. The number of carbonyl (C=O) groups is 1. The standard InChI is InChI=1S/C17H25N5O/c1-2-9-21-10-8-17(23)22(12-11-21)16(14-19-20-18)13-15-6-4-3-5-7-15/h3-7,16H,2,8-14H2,1H3/t16-/m0/s1. The summed E-state index contributed by atoms with van der Waals surface area (Å²) in [6.45, 7) is 5.93. The number of benzene rings is 1. The van der Waals surface area contributed by atoms with Gasteiger partial charge < -0.3 is 9.80 Å². The van der Waals surface area contributed by atoms with Crippen molar-refractivity contribution >= 4 is 5.91 Å². The van der Waals surface area contributed by atoms with E-state index < -0.39 is 0 Å². The van der Waals surface area contributed by atoms with Crippen LogP contribution in [0.25, 0.3) is 10.4 Å². The third-order valence-corrected chi connectivity index (χ3v) is 4.27. The van der Waals surface area contributed by atoms with Gasteiger partial charge >= 0.3 is 0 Å². The average Bonchev–Trinajstić information content (AvgIpc) is 2.75. The van der Waals surface area contributed by atoms with Crippen LogP contribution in [-0.2, 0) is 11.2 Å². The van der Waals surface area contributed by atoms with Gasteiger partial charge in [0.1, 0.15) is 0 Å². The highest BCUT2D eigenvalue weighted by Crippen LogP contribution is 2.14. The van der Waals surface area contributed by atoms with Crippen LogP contribution in [0.15, 0.2) is 35.4 Å². The van der Waals surface area contributed by atoms with Gasteiger partial charge in [0.2, 0.25) is 5.91 Å². The van der Waals surface area contributed by atoms with Crippen molar-refractivity contribution in [3.8, 4) is 0 Å². The van der Waals surface area contributed by atoms with Crippen LogP contribution in [0.1, 0.15) is 25.3 Å². The second-order valence-corrected chi connectivity index (χ2v) is 5.94. The molecule has 1 atom stereocenters. The fraction of sp³-hybridized carbons (Fsp3) is 0.588. The molecule has 0 aromatic heterocycles. The minimum absolute atomic E-state index is 0.0672. The van der Waals surface area contributed by atoms with E-state index >= 15 is 0 Å². The van der Waals surface area contributed by atoms with Crippen LogP contribution in [-0.4, -0.2) is 54.5 Å². The topological polar surface area (TPSA) is 72.3 Å². The smallest absolute Gasteiger partial charge is 0.224 e. The van der Waals surface area contributed by atoms with Gasteiger partial charge in [0.05, 0.1) is 0 Å². The molecule has 23 heavy (non-hydrogen) atoms. The summed E-state index contributed by atoms with van der Waals surface area (Å²) in [5, 5.41) is 3.74. The molecular formula is C17H25N5O. The molecule has 0 unspecified atom stereocenters. The molecule has 124 valence electrons. The maximum atomic E-state index is 12.5. The van der Waals surface area contributed by atoms with E-state index in [1.54, 1.807) is 0 Å². The van der Waals surface area contributed by atoms with Gasteiger partial charge in [0.15, 0.2) is 0 Å². The summed E-state index contributed by atoms with van der Waals surface area (Å²) < 4.78 is 0. The molecule has 6 heteroatoms. The SMILES string of the molecule is CCCN1CCC(=O)N([C@H](CN=[N+]=[N-])Cc2ccccc2)CC1. The molecule has 1 saturated heterocycles. The first-order chi connectivity index (χ1) is 11.2. The molecule has 0 radical (unpaired) electrons. The average molecular weight is 315 g/mol. The van der Waals surface area contributed by atoms with Crippen molar-refractivity contribution in [3.05, 3.63) is 46.3 Å². The van der Waals surface area contributed by atoms with E-state index in [2.05, 4.69) is 34.0 Å². The molecule has 0 bridgehead atoms. The summed E-state index contributed by atoms with van der Waals surface area (Å²) >= 11 is 0. The lowest BCUT2D eigenvalue weighted by atomic mass is 10.0. The number of azide groups is 1. The zero-order valence-corrected chi connectivity index (χ0v) is 13.8. The third-order valence-electron chi connectivity index (χ3n) is 4.27. The molecule has 0 saturated carbocycles. The Morgan fingerprint density at radius 2 is 2.04 bits per heavy atom. The van der Waals surface area contributed by atoms with Gasteiger partial charge in [0, 0.05) is 43.6 Å². The molecule has 1 fully saturated rings. The Morgan fingerprint density at radius 1 is 1.26 bits per heavy atom. The first kappa shape index (κ1) is 17.3. The van der Waals surface area contributed by atoms with Gasteiger partial charge in [-0.15, -0.1) is 0 Å². The molecule has 0 spiro atoms. The Kier molecular flexibility index (Phi) is 6.91. The zero-order chi connectivity index (χ0) is 16.5. The van der Waals surface area contributed by atoms with Gasteiger partial charge in [-0.05, 0) is 30.5 Å². The van der Waals surface area contributed by atoms with Gasteiger partial charge in [-0.1, -0.05) is 42.4 Å². The van der Waals surface area contributed by atoms with Gasteiger partial charge in [0.25, 0.3) is 0 Å². The summed E-state index contributed by atoms with van der Waals surface area (Å²) in [6, 6.07) is 10.00. The van der Waals surface area contributed by atoms with Crippen LogP contribution in [0.3, 0.4) is 0 Å². The van der Waals surface area contributed by atoms with Crippen molar-refractivity contribution < 1.29 is 4.79 Å². The Bertz CT molecular complexity index is 541. The summed E-state index contributed by atoms with van der Waals surface area (Å²) in [5.74, 6) is 0.165. The molecular weight excluding hydrogens is 290 g/mol. The van der Waals surface area contributed by atoms with Gasteiger partial charge in [-0.25, -0.2) is 0 Å². The van der Waals surface area contributed by atoms with Crippen LogP contribution in [0, 0.1) is 0 Å². The Hall–Kier alpha value is -2.04. The van der Waals surface area contributed by atoms with Crippen molar-refractivity contribution in [1.82, 2.24) is 9.80 Å². The highest BCUT2D eigenvalue weighted by molar-refractivity contribution is 5.77. The number of hydrogen-bond donors (Lipinski definition) is 0. The quantitative estimate of drug-likeness (QED) is 0.441. The predicted octanol–water partition coefficient (Wildman–Crippen LogP) is 2.85. The van der Waals surface area contributed by atoms with Crippen molar-refractivity contribution in [3.63, 3.8) is 0 Å². The predicted molar refractivity (Wildman–Crippen MR) is 91.0 cm³/mol. The molecule has 2 rings (SSSR count). The van der Waals surface area contributed by atoms with Crippen LogP contribution < -0.4 is 0 Å². The van der Waals surface area contributed by atoms with E-state index in [9.17, 15) is 4.79 Å². The Morgan fingerprint density at radius 3 is 2.74 bits per heavy atom. The highest BCUT2D eigenvalue weighted by atomic mass is 16.2. The number of nitrogens with zero attached hydrogens (tertiary/aromatic N) is 5. The minimum atomic E-state index is -0.0672. The lowest BCUT2D eigenvalue weighted by Gasteiger charge is -2.30. The molecule has 0 aliphatic carbocycles. The first-order valence-corrected chi connectivity index (χ1v) is 8.31. The second kappa shape index (κ2) is 9.18. The van der Waals surface area contributed by atoms with Crippen molar-refractivity contribution in [1.29, 1.82) is 0 Å². The molecule has 1 aromatic rings. The first-order valence-electron chi connectivity index (χ1n) is 8.31. The second-order valence-electron chi connectivity index (χ2n) is 5.94. The lowest BCUT2D eigenvalue weighted by Crippen LogP contribution is -2.44. The zero-order valence-electron chi connectivity index (χ0n) is 13.8. The van der Waals surface area contributed by atoms with E-state index in [1.807, 2.05) is 23.1 Å².